The van der Waals surface area contributed by atoms with E-state index in [-0.39, 0.29) is 6.61 Å². The zero-order valence-electron chi connectivity index (χ0n) is 16.1. The topological polar surface area (TPSA) is 54.4 Å². The zero-order chi connectivity index (χ0) is 19.5. The van der Waals surface area contributed by atoms with Gasteiger partial charge in [-0.05, 0) is 6.07 Å². The van der Waals surface area contributed by atoms with Crippen molar-refractivity contribution >= 4 is 0 Å². The number of benzene rings is 1. The molecule has 1 aromatic carbocycles. The van der Waals surface area contributed by atoms with Gasteiger partial charge in [0.25, 0.3) is 0 Å². The van der Waals surface area contributed by atoms with Crippen LogP contribution in [0.4, 0.5) is 0 Å². The zero-order valence-corrected chi connectivity index (χ0v) is 16.1. The fourth-order valence-corrected chi connectivity index (χ4v) is 3.06. The second kappa shape index (κ2) is 11.6. The molecule has 0 amide bonds. The number of morpholine rings is 1. The van der Waals surface area contributed by atoms with Gasteiger partial charge in [-0.2, -0.15) is 0 Å². The molecular formula is C21H30N2O4. The number of β-amino-alcohol motifs (C(OH)–C–C–N with tert-alkyl or cyclic N) is 1. The van der Waals surface area contributed by atoms with Crippen molar-refractivity contribution in [3.05, 3.63) is 36.4 Å². The molecule has 1 atom stereocenters. The molecule has 0 spiro atoms. The van der Waals surface area contributed by atoms with Gasteiger partial charge in [-0.1, -0.05) is 24.1 Å². The van der Waals surface area contributed by atoms with Crippen molar-refractivity contribution in [3.63, 3.8) is 0 Å². The van der Waals surface area contributed by atoms with Crippen molar-refractivity contribution in [2.24, 2.45) is 0 Å². The lowest BCUT2D eigenvalue weighted by atomic mass is 10.1. The average molecular weight is 374 g/mol. The molecule has 6 nitrogen and oxygen atoms in total. The van der Waals surface area contributed by atoms with Gasteiger partial charge in [0, 0.05) is 38.3 Å². The van der Waals surface area contributed by atoms with Gasteiger partial charge in [0.2, 0.25) is 0 Å². The first-order valence-corrected chi connectivity index (χ1v) is 9.21. The van der Waals surface area contributed by atoms with Gasteiger partial charge in [-0.3, -0.25) is 9.80 Å². The number of terminal acetylenes is 1. The number of rotatable bonds is 11. The molecule has 1 heterocycles. The van der Waals surface area contributed by atoms with Crippen LogP contribution in [0.5, 0.6) is 11.5 Å². The summed E-state index contributed by atoms with van der Waals surface area (Å²) in [4.78, 5) is 4.26. The van der Waals surface area contributed by atoms with Crippen LogP contribution in [0.15, 0.2) is 30.9 Å². The highest BCUT2D eigenvalue weighted by atomic mass is 16.5. The van der Waals surface area contributed by atoms with Crippen LogP contribution < -0.4 is 9.47 Å². The van der Waals surface area contributed by atoms with Gasteiger partial charge >= 0.3 is 0 Å². The third-order valence-corrected chi connectivity index (χ3v) is 4.37. The van der Waals surface area contributed by atoms with Crippen molar-refractivity contribution in [1.29, 1.82) is 0 Å². The van der Waals surface area contributed by atoms with E-state index >= 15 is 0 Å². The summed E-state index contributed by atoms with van der Waals surface area (Å²) in [5.74, 6) is 3.96. The largest absolute Gasteiger partial charge is 0.493 e. The van der Waals surface area contributed by atoms with E-state index in [1.807, 2.05) is 24.3 Å². The minimum Gasteiger partial charge on any atom is -0.493 e. The van der Waals surface area contributed by atoms with Crippen molar-refractivity contribution in [3.8, 4) is 23.8 Å². The molecule has 0 saturated carbocycles. The molecule has 2 rings (SSSR count). The van der Waals surface area contributed by atoms with Crippen molar-refractivity contribution < 1.29 is 19.3 Å². The molecule has 1 N–H and O–H groups in total. The molecule has 6 heteroatoms. The smallest absolute Gasteiger partial charge is 0.165 e. The first-order chi connectivity index (χ1) is 13.2. The highest BCUT2D eigenvalue weighted by Crippen LogP contribution is 2.32. The molecule has 27 heavy (non-hydrogen) atoms. The summed E-state index contributed by atoms with van der Waals surface area (Å²) in [5, 5.41) is 10.4. The van der Waals surface area contributed by atoms with E-state index in [4.69, 9.17) is 20.6 Å². The van der Waals surface area contributed by atoms with Crippen LogP contribution in [0.3, 0.4) is 0 Å². The monoisotopic (exact) mass is 374 g/mol. The van der Waals surface area contributed by atoms with Crippen molar-refractivity contribution in [2.75, 3.05) is 59.7 Å². The number of para-hydroxylation sites is 1. The van der Waals surface area contributed by atoms with Crippen LogP contribution in [0.25, 0.3) is 0 Å². The molecule has 148 valence electrons. The Morgan fingerprint density at radius 3 is 2.89 bits per heavy atom. The number of aliphatic hydroxyl groups excluding tert-OH is 1. The maximum absolute atomic E-state index is 10.4. The Labute approximate surface area is 162 Å². The maximum Gasteiger partial charge on any atom is 0.165 e. The maximum atomic E-state index is 10.4. The fourth-order valence-electron chi connectivity index (χ4n) is 3.06. The van der Waals surface area contributed by atoms with Gasteiger partial charge in [0.15, 0.2) is 11.5 Å². The number of nitrogens with zero attached hydrogens (tertiary/aromatic N) is 2. The molecule has 1 aliphatic rings. The summed E-state index contributed by atoms with van der Waals surface area (Å²) in [6.45, 7) is 9.43. The molecule has 1 saturated heterocycles. The number of hydrogen-bond acceptors (Lipinski definition) is 6. The Hall–Kier alpha value is -2.04. The van der Waals surface area contributed by atoms with E-state index in [1.165, 1.54) is 0 Å². The number of ether oxygens (including phenoxy) is 3. The van der Waals surface area contributed by atoms with Gasteiger partial charge < -0.3 is 19.3 Å². The van der Waals surface area contributed by atoms with Crippen molar-refractivity contribution in [1.82, 2.24) is 9.80 Å². The summed E-state index contributed by atoms with van der Waals surface area (Å²) < 4.78 is 16.8. The third-order valence-electron chi connectivity index (χ3n) is 4.37. The molecule has 1 fully saturated rings. The van der Waals surface area contributed by atoms with Gasteiger partial charge in [-0.25, -0.2) is 0 Å². The van der Waals surface area contributed by atoms with Crippen molar-refractivity contribution in [2.45, 2.75) is 12.6 Å². The van der Waals surface area contributed by atoms with Crippen LogP contribution in [0, 0.1) is 12.3 Å². The summed E-state index contributed by atoms with van der Waals surface area (Å²) >= 11 is 0. The molecule has 1 aliphatic heterocycles. The van der Waals surface area contributed by atoms with Crippen LogP contribution in [-0.4, -0.2) is 80.7 Å². The first-order valence-electron chi connectivity index (χ1n) is 9.21. The molecule has 0 aliphatic carbocycles. The Bertz CT molecular complexity index is 623. The lowest BCUT2D eigenvalue weighted by Gasteiger charge is -2.28. The van der Waals surface area contributed by atoms with E-state index < -0.39 is 6.10 Å². The summed E-state index contributed by atoms with van der Waals surface area (Å²) in [7, 11) is 1.61. The summed E-state index contributed by atoms with van der Waals surface area (Å²) in [5.41, 5.74) is 0.963. The Morgan fingerprint density at radius 2 is 2.22 bits per heavy atom. The number of aliphatic hydroxyl groups is 1. The van der Waals surface area contributed by atoms with E-state index in [0.717, 1.165) is 18.7 Å². The van der Waals surface area contributed by atoms with E-state index in [9.17, 15) is 5.11 Å². The second-order valence-corrected chi connectivity index (χ2v) is 6.49. The van der Waals surface area contributed by atoms with E-state index in [0.29, 0.717) is 50.9 Å². The van der Waals surface area contributed by atoms with Gasteiger partial charge in [0.05, 0.1) is 26.9 Å². The molecule has 0 unspecified atom stereocenters. The average Bonchev–Trinajstić information content (AvgIpc) is 2.68. The Balaban J connectivity index is 2.02. The first kappa shape index (κ1) is 21.3. The molecular weight excluding hydrogens is 344 g/mol. The lowest BCUT2D eigenvalue weighted by molar-refractivity contribution is 0.00432. The van der Waals surface area contributed by atoms with E-state index in [1.54, 1.807) is 7.11 Å². The second-order valence-electron chi connectivity index (χ2n) is 6.49. The molecule has 0 aromatic heterocycles. The fraction of sp³-hybridized carbons (Fsp3) is 0.524. The highest BCUT2D eigenvalue weighted by molar-refractivity contribution is 5.46. The van der Waals surface area contributed by atoms with E-state index in [2.05, 4.69) is 22.3 Å². The predicted molar refractivity (Wildman–Crippen MR) is 106 cm³/mol. The number of methoxy groups -OCH3 is 1. The minimum absolute atomic E-state index is 0.196. The predicted octanol–water partition coefficient (Wildman–Crippen LogP) is 1.39. The van der Waals surface area contributed by atoms with Crippen LogP contribution in [-0.2, 0) is 11.3 Å². The van der Waals surface area contributed by atoms with Crippen LogP contribution in [0.1, 0.15) is 5.56 Å². The standard InChI is InChI=1S/C21H30N2O4/c1-4-9-22(10-5-2)15-18-7-6-8-20(25-3)21(18)27-17-19(24)16-23-11-13-26-14-12-23/h1,5-8,19,24H,2,9-17H2,3H3/t19-/m0/s1. The van der Waals surface area contributed by atoms with Gasteiger partial charge in [-0.15, -0.1) is 13.0 Å². The third kappa shape index (κ3) is 6.89. The number of hydrogen-bond donors (Lipinski definition) is 1. The van der Waals surface area contributed by atoms with Gasteiger partial charge in [0.1, 0.15) is 12.7 Å². The normalized spacial score (nSPS) is 15.9. The highest BCUT2D eigenvalue weighted by Gasteiger charge is 2.18. The molecule has 0 bridgehead atoms. The molecule has 0 radical (unpaired) electrons. The summed E-state index contributed by atoms with van der Waals surface area (Å²) in [6.07, 6.45) is 6.70. The SMILES string of the molecule is C#CCN(CC=C)Cc1cccc(OC)c1OC[C@@H](O)CN1CCOCC1. The molecule has 1 aromatic rings. The quantitative estimate of drug-likeness (QED) is 0.467. The minimum atomic E-state index is -0.587. The lowest BCUT2D eigenvalue weighted by Crippen LogP contribution is -2.42. The summed E-state index contributed by atoms with van der Waals surface area (Å²) in [6, 6.07) is 5.76. The Morgan fingerprint density at radius 1 is 1.44 bits per heavy atom. The Kier molecular flexibility index (Phi) is 9.16. The van der Waals surface area contributed by atoms with Crippen LogP contribution in [0.2, 0.25) is 0 Å². The van der Waals surface area contributed by atoms with Crippen LogP contribution >= 0.6 is 0 Å².